The van der Waals surface area contributed by atoms with Crippen molar-refractivity contribution in [3.05, 3.63) is 0 Å². The second-order valence-corrected chi connectivity index (χ2v) is 7.04. The highest BCUT2D eigenvalue weighted by atomic mass is 127. The van der Waals surface area contributed by atoms with Crippen LogP contribution in [0.2, 0.25) is 0 Å². The van der Waals surface area contributed by atoms with Crippen molar-refractivity contribution in [2.45, 2.75) is 58.3 Å². The van der Waals surface area contributed by atoms with Crippen molar-refractivity contribution < 1.29 is 9.47 Å². The van der Waals surface area contributed by atoms with Crippen molar-refractivity contribution >= 4 is 29.9 Å². The number of hydrogen-bond acceptors (Lipinski definition) is 3. The Balaban J connectivity index is 0.00000176. The molecule has 0 aromatic heterocycles. The lowest BCUT2D eigenvalue weighted by Crippen LogP contribution is -2.68. The Morgan fingerprint density at radius 3 is 2.73 bits per heavy atom. The topological polar surface area (TPSA) is 54.9 Å². The molecule has 0 aromatic carbocycles. The monoisotopic (exact) mass is 423 g/mol. The first-order chi connectivity index (χ1) is 10.1. The average molecular weight is 423 g/mol. The van der Waals surface area contributed by atoms with Crippen molar-refractivity contribution in [2.75, 3.05) is 26.3 Å². The maximum Gasteiger partial charge on any atom is 0.191 e. The summed E-state index contributed by atoms with van der Waals surface area (Å²) in [5, 5.41) is 7.01. The average Bonchev–Trinajstić information content (AvgIpc) is 3.11. The van der Waals surface area contributed by atoms with E-state index in [0.29, 0.717) is 24.2 Å². The van der Waals surface area contributed by atoms with Gasteiger partial charge >= 0.3 is 0 Å². The largest absolute Gasteiger partial charge is 0.377 e. The molecule has 3 aliphatic rings. The molecular formula is C16H30IN3O2. The van der Waals surface area contributed by atoms with Crippen LogP contribution in [0.25, 0.3) is 0 Å². The zero-order valence-electron chi connectivity index (χ0n) is 13.9. The third-order valence-corrected chi connectivity index (χ3v) is 5.21. The predicted octanol–water partition coefficient (Wildman–Crippen LogP) is 2.15. The Hall–Kier alpha value is -0.0800. The van der Waals surface area contributed by atoms with Gasteiger partial charge < -0.3 is 20.1 Å². The lowest BCUT2D eigenvalue weighted by Gasteiger charge is -2.54. The molecule has 0 spiro atoms. The number of nitrogens with one attached hydrogen (secondary N) is 2. The fourth-order valence-electron chi connectivity index (χ4n) is 4.07. The minimum absolute atomic E-state index is 0. The fourth-order valence-corrected chi connectivity index (χ4v) is 4.07. The van der Waals surface area contributed by atoms with E-state index < -0.39 is 0 Å². The van der Waals surface area contributed by atoms with Crippen molar-refractivity contribution in [3.63, 3.8) is 0 Å². The normalized spacial score (nSPS) is 36.2. The van der Waals surface area contributed by atoms with Gasteiger partial charge in [0.25, 0.3) is 0 Å². The van der Waals surface area contributed by atoms with Crippen LogP contribution in [0.3, 0.4) is 0 Å². The van der Waals surface area contributed by atoms with E-state index in [-0.39, 0.29) is 29.4 Å². The van der Waals surface area contributed by atoms with E-state index in [9.17, 15) is 0 Å². The fraction of sp³-hybridized carbons (Fsp3) is 0.938. The van der Waals surface area contributed by atoms with Gasteiger partial charge in [-0.3, -0.25) is 4.99 Å². The van der Waals surface area contributed by atoms with Gasteiger partial charge in [-0.05, 0) is 26.2 Å². The summed E-state index contributed by atoms with van der Waals surface area (Å²) in [4.78, 5) is 4.73. The van der Waals surface area contributed by atoms with E-state index in [1.54, 1.807) is 0 Å². The second kappa shape index (κ2) is 7.66. The number of nitrogens with zero attached hydrogens (tertiary/aromatic N) is 1. The lowest BCUT2D eigenvalue weighted by atomic mass is 9.57. The van der Waals surface area contributed by atoms with Crippen LogP contribution in [0.15, 0.2) is 4.99 Å². The Morgan fingerprint density at radius 1 is 1.23 bits per heavy atom. The first-order valence-electron chi connectivity index (χ1n) is 8.41. The Morgan fingerprint density at radius 2 is 2.05 bits per heavy atom. The molecule has 1 saturated carbocycles. The number of guanidine groups is 1. The quantitative estimate of drug-likeness (QED) is 0.414. The number of fused-ring (bicyclic) bond motifs is 1. The minimum Gasteiger partial charge on any atom is -0.377 e. The SMILES string of the molecule is CCNC(=NCC1CCCO1)NC1C2CCOC2C1(C)C.I. The van der Waals surface area contributed by atoms with Gasteiger partial charge in [-0.2, -0.15) is 0 Å². The predicted molar refractivity (Wildman–Crippen MR) is 98.9 cm³/mol. The van der Waals surface area contributed by atoms with Crippen LogP contribution in [-0.4, -0.2) is 50.5 Å². The summed E-state index contributed by atoms with van der Waals surface area (Å²) >= 11 is 0. The van der Waals surface area contributed by atoms with Crippen molar-refractivity contribution in [3.8, 4) is 0 Å². The summed E-state index contributed by atoms with van der Waals surface area (Å²) in [5.41, 5.74) is 0.182. The van der Waals surface area contributed by atoms with Crippen molar-refractivity contribution in [1.82, 2.24) is 10.6 Å². The van der Waals surface area contributed by atoms with Crippen LogP contribution in [0.1, 0.15) is 40.0 Å². The molecule has 3 fully saturated rings. The van der Waals surface area contributed by atoms with Gasteiger partial charge in [0.2, 0.25) is 0 Å². The molecule has 0 amide bonds. The second-order valence-electron chi connectivity index (χ2n) is 7.04. The lowest BCUT2D eigenvalue weighted by molar-refractivity contribution is -0.106. The number of rotatable bonds is 4. The molecule has 2 aliphatic heterocycles. The molecule has 2 saturated heterocycles. The van der Waals surface area contributed by atoms with Gasteiger partial charge in [-0.15, -0.1) is 24.0 Å². The van der Waals surface area contributed by atoms with Crippen LogP contribution in [0.5, 0.6) is 0 Å². The van der Waals surface area contributed by atoms with Crippen molar-refractivity contribution in [1.29, 1.82) is 0 Å². The molecule has 2 heterocycles. The Bertz CT molecular complexity index is 397. The third-order valence-electron chi connectivity index (χ3n) is 5.21. The van der Waals surface area contributed by atoms with E-state index in [2.05, 4.69) is 31.4 Å². The van der Waals surface area contributed by atoms with Crippen LogP contribution in [0.4, 0.5) is 0 Å². The van der Waals surface area contributed by atoms with Gasteiger partial charge in [0.05, 0.1) is 18.8 Å². The summed E-state index contributed by atoms with van der Waals surface area (Å²) in [6.07, 6.45) is 4.18. The van der Waals surface area contributed by atoms with Gasteiger partial charge in [0.1, 0.15) is 0 Å². The van der Waals surface area contributed by atoms with Crippen LogP contribution < -0.4 is 10.6 Å². The Kier molecular flexibility index (Phi) is 6.36. The van der Waals surface area contributed by atoms with E-state index in [1.807, 2.05) is 0 Å². The molecule has 3 rings (SSSR count). The zero-order chi connectivity index (χ0) is 14.9. The molecule has 5 nitrogen and oxygen atoms in total. The van der Waals surface area contributed by atoms with Gasteiger partial charge in [0.15, 0.2) is 5.96 Å². The van der Waals surface area contributed by atoms with Crippen molar-refractivity contribution in [2.24, 2.45) is 16.3 Å². The third kappa shape index (κ3) is 3.53. The molecule has 128 valence electrons. The molecule has 0 bridgehead atoms. The Labute approximate surface area is 151 Å². The van der Waals surface area contributed by atoms with Crippen LogP contribution in [0, 0.1) is 11.3 Å². The maximum absolute atomic E-state index is 5.86. The number of halogens is 1. The van der Waals surface area contributed by atoms with E-state index in [0.717, 1.165) is 45.1 Å². The highest BCUT2D eigenvalue weighted by Crippen LogP contribution is 2.52. The van der Waals surface area contributed by atoms with E-state index in [4.69, 9.17) is 14.5 Å². The molecule has 0 aromatic rings. The van der Waals surface area contributed by atoms with E-state index in [1.165, 1.54) is 6.42 Å². The zero-order valence-corrected chi connectivity index (χ0v) is 16.3. The molecule has 4 unspecified atom stereocenters. The van der Waals surface area contributed by atoms with E-state index >= 15 is 0 Å². The maximum atomic E-state index is 5.86. The molecule has 2 N–H and O–H groups in total. The smallest absolute Gasteiger partial charge is 0.191 e. The van der Waals surface area contributed by atoms with Crippen LogP contribution >= 0.6 is 24.0 Å². The molecule has 22 heavy (non-hydrogen) atoms. The summed E-state index contributed by atoms with van der Waals surface area (Å²) in [5.74, 6) is 1.56. The van der Waals surface area contributed by atoms with Gasteiger partial charge in [0, 0.05) is 37.1 Å². The van der Waals surface area contributed by atoms with Gasteiger partial charge in [-0.25, -0.2) is 0 Å². The highest BCUT2D eigenvalue weighted by Gasteiger charge is 2.59. The van der Waals surface area contributed by atoms with Crippen LogP contribution in [-0.2, 0) is 9.47 Å². The molecule has 1 aliphatic carbocycles. The summed E-state index contributed by atoms with van der Waals surface area (Å²) < 4.78 is 11.5. The van der Waals surface area contributed by atoms with Gasteiger partial charge in [-0.1, -0.05) is 13.8 Å². The summed E-state index contributed by atoms with van der Waals surface area (Å²) in [6, 6.07) is 0.451. The number of aliphatic imine (C=N–C) groups is 1. The summed E-state index contributed by atoms with van der Waals surface area (Å²) in [7, 11) is 0. The standard InChI is InChI=1S/C16H29N3O2.HI/c1-4-17-15(18-10-11-6-5-8-20-11)19-13-12-7-9-21-14(12)16(13,2)3;/h11-14H,4-10H2,1-3H3,(H2,17,18,19);1H. The number of ether oxygens (including phenoxy) is 2. The molecule has 0 radical (unpaired) electrons. The highest BCUT2D eigenvalue weighted by molar-refractivity contribution is 14.0. The molecular weight excluding hydrogens is 393 g/mol. The molecule has 4 atom stereocenters. The molecule has 6 heteroatoms. The minimum atomic E-state index is 0. The first kappa shape index (κ1) is 18.3. The first-order valence-corrected chi connectivity index (χ1v) is 8.41. The number of hydrogen-bond donors (Lipinski definition) is 2. The summed E-state index contributed by atoms with van der Waals surface area (Å²) in [6.45, 7) is 10.1.